The van der Waals surface area contributed by atoms with Crippen LogP contribution in [0.5, 0.6) is 5.88 Å². The van der Waals surface area contributed by atoms with E-state index in [9.17, 15) is 0 Å². The van der Waals surface area contributed by atoms with Crippen LogP contribution in [0, 0.1) is 5.92 Å². The molecule has 0 radical (unpaired) electrons. The summed E-state index contributed by atoms with van der Waals surface area (Å²) in [6.07, 6.45) is 5.36. The summed E-state index contributed by atoms with van der Waals surface area (Å²) in [4.78, 5) is 8.92. The standard InChI is InChI=1S/C19H32N4O3/c1-3-20-19(22-10-5-11-25-15-16-7-8-16)23-14-17-6-4-9-21-18(17)26-13-12-24-2/h4,6,9,16H,3,5,7-8,10-15H2,1-2H3,(H2,20,22,23). The van der Waals surface area contributed by atoms with Gasteiger partial charge in [-0.3, -0.25) is 0 Å². The average Bonchev–Trinajstić information content (AvgIpc) is 3.48. The summed E-state index contributed by atoms with van der Waals surface area (Å²) in [5.74, 6) is 2.22. The van der Waals surface area contributed by atoms with Crippen LogP contribution >= 0.6 is 0 Å². The van der Waals surface area contributed by atoms with Crippen LogP contribution in [0.2, 0.25) is 0 Å². The third-order valence-electron chi connectivity index (χ3n) is 3.94. The molecule has 26 heavy (non-hydrogen) atoms. The molecule has 1 fully saturated rings. The Morgan fingerprint density at radius 3 is 2.92 bits per heavy atom. The summed E-state index contributed by atoms with van der Waals surface area (Å²) >= 11 is 0. The van der Waals surface area contributed by atoms with Crippen LogP contribution in [0.25, 0.3) is 0 Å². The van der Waals surface area contributed by atoms with Crippen molar-refractivity contribution < 1.29 is 14.2 Å². The molecule has 1 aliphatic rings. The first-order chi connectivity index (χ1) is 12.8. The van der Waals surface area contributed by atoms with Gasteiger partial charge in [-0.2, -0.15) is 0 Å². The molecule has 1 aliphatic carbocycles. The highest BCUT2D eigenvalue weighted by molar-refractivity contribution is 5.79. The molecule has 0 aromatic carbocycles. The number of methoxy groups -OCH3 is 1. The van der Waals surface area contributed by atoms with E-state index in [0.29, 0.717) is 25.6 Å². The molecular formula is C19H32N4O3. The minimum absolute atomic E-state index is 0.476. The van der Waals surface area contributed by atoms with Crippen LogP contribution in [-0.2, 0) is 16.0 Å². The number of guanidine groups is 1. The topological polar surface area (TPSA) is 77.0 Å². The molecule has 0 atom stereocenters. The Bertz CT molecular complexity index is 535. The molecule has 0 spiro atoms. The third-order valence-corrected chi connectivity index (χ3v) is 3.94. The highest BCUT2D eigenvalue weighted by atomic mass is 16.5. The largest absolute Gasteiger partial charge is 0.475 e. The molecule has 0 amide bonds. The number of aromatic nitrogens is 1. The predicted molar refractivity (Wildman–Crippen MR) is 103 cm³/mol. The van der Waals surface area contributed by atoms with Crippen LogP contribution in [0.15, 0.2) is 23.3 Å². The average molecular weight is 364 g/mol. The molecule has 1 heterocycles. The van der Waals surface area contributed by atoms with Gasteiger partial charge in [0.2, 0.25) is 5.88 Å². The van der Waals surface area contributed by atoms with E-state index >= 15 is 0 Å². The lowest BCUT2D eigenvalue weighted by Crippen LogP contribution is -2.38. The number of hydrogen-bond acceptors (Lipinski definition) is 5. The molecule has 0 bridgehead atoms. The number of hydrogen-bond donors (Lipinski definition) is 2. The third kappa shape index (κ3) is 8.49. The highest BCUT2D eigenvalue weighted by Crippen LogP contribution is 2.28. The van der Waals surface area contributed by atoms with Crippen LogP contribution in [0.4, 0.5) is 0 Å². The van der Waals surface area contributed by atoms with Gasteiger partial charge in [0.1, 0.15) is 6.61 Å². The second kappa shape index (κ2) is 12.5. The monoisotopic (exact) mass is 364 g/mol. The first-order valence-corrected chi connectivity index (χ1v) is 9.49. The minimum Gasteiger partial charge on any atom is -0.475 e. The van der Waals surface area contributed by atoms with E-state index in [1.165, 1.54) is 12.8 Å². The Morgan fingerprint density at radius 2 is 2.15 bits per heavy atom. The lowest BCUT2D eigenvalue weighted by atomic mass is 10.3. The quantitative estimate of drug-likeness (QED) is 0.317. The number of rotatable bonds is 13. The molecule has 1 aromatic rings. The molecule has 7 nitrogen and oxygen atoms in total. The molecule has 2 rings (SSSR count). The van der Waals surface area contributed by atoms with Gasteiger partial charge in [-0.1, -0.05) is 6.07 Å². The van der Waals surface area contributed by atoms with Gasteiger partial charge >= 0.3 is 0 Å². The number of nitrogens with zero attached hydrogens (tertiary/aromatic N) is 2. The SMILES string of the molecule is CCNC(=NCc1cccnc1OCCOC)NCCCOCC1CC1. The van der Waals surface area contributed by atoms with Gasteiger partial charge < -0.3 is 24.8 Å². The Kier molecular flexibility index (Phi) is 9.82. The highest BCUT2D eigenvalue weighted by Gasteiger charge is 2.20. The maximum atomic E-state index is 5.66. The molecule has 0 unspecified atom stereocenters. The predicted octanol–water partition coefficient (Wildman–Crippen LogP) is 1.98. The molecule has 2 N–H and O–H groups in total. The zero-order valence-corrected chi connectivity index (χ0v) is 16.0. The molecule has 146 valence electrons. The molecule has 1 saturated carbocycles. The van der Waals surface area contributed by atoms with Crippen molar-refractivity contribution in [1.82, 2.24) is 15.6 Å². The molecular weight excluding hydrogens is 332 g/mol. The number of nitrogens with one attached hydrogen (secondary N) is 2. The lowest BCUT2D eigenvalue weighted by molar-refractivity contribution is 0.123. The molecule has 1 aromatic heterocycles. The Morgan fingerprint density at radius 1 is 1.27 bits per heavy atom. The summed E-state index contributed by atoms with van der Waals surface area (Å²) in [6.45, 7) is 6.93. The zero-order chi connectivity index (χ0) is 18.5. The fourth-order valence-corrected chi connectivity index (χ4v) is 2.32. The first kappa shape index (κ1) is 20.5. The van der Waals surface area contributed by atoms with Crippen molar-refractivity contribution in [1.29, 1.82) is 0 Å². The van der Waals surface area contributed by atoms with Crippen molar-refractivity contribution in [2.75, 3.05) is 46.6 Å². The van der Waals surface area contributed by atoms with Crippen molar-refractivity contribution in [2.24, 2.45) is 10.9 Å². The second-order valence-electron chi connectivity index (χ2n) is 6.30. The number of aliphatic imine (C=N–C) groups is 1. The van der Waals surface area contributed by atoms with E-state index in [2.05, 4.69) is 27.5 Å². The van der Waals surface area contributed by atoms with Gasteiger partial charge in [0.15, 0.2) is 5.96 Å². The van der Waals surface area contributed by atoms with E-state index < -0.39 is 0 Å². The van der Waals surface area contributed by atoms with Crippen molar-refractivity contribution in [3.05, 3.63) is 23.9 Å². The Hall–Kier alpha value is -1.86. The maximum Gasteiger partial charge on any atom is 0.218 e. The van der Waals surface area contributed by atoms with E-state index in [1.54, 1.807) is 13.3 Å². The normalized spacial score (nSPS) is 14.3. The van der Waals surface area contributed by atoms with Crippen molar-refractivity contribution >= 4 is 5.96 Å². The smallest absolute Gasteiger partial charge is 0.218 e. The van der Waals surface area contributed by atoms with E-state index in [4.69, 9.17) is 14.2 Å². The summed E-state index contributed by atoms with van der Waals surface area (Å²) in [6, 6.07) is 3.87. The van der Waals surface area contributed by atoms with Gasteiger partial charge in [0, 0.05) is 45.2 Å². The van der Waals surface area contributed by atoms with Gasteiger partial charge in [0.05, 0.1) is 13.2 Å². The van der Waals surface area contributed by atoms with Crippen molar-refractivity contribution in [3.8, 4) is 5.88 Å². The van der Waals surface area contributed by atoms with Gasteiger partial charge in [-0.25, -0.2) is 9.98 Å². The summed E-state index contributed by atoms with van der Waals surface area (Å²) < 4.78 is 16.3. The van der Waals surface area contributed by atoms with Crippen molar-refractivity contribution in [3.63, 3.8) is 0 Å². The maximum absolute atomic E-state index is 5.66. The number of ether oxygens (including phenoxy) is 3. The molecule has 0 saturated heterocycles. The van der Waals surface area contributed by atoms with E-state index in [1.807, 2.05) is 12.1 Å². The van der Waals surface area contributed by atoms with Crippen LogP contribution < -0.4 is 15.4 Å². The summed E-state index contributed by atoms with van der Waals surface area (Å²) in [7, 11) is 1.65. The van der Waals surface area contributed by atoms with Gasteiger partial charge in [-0.15, -0.1) is 0 Å². The van der Waals surface area contributed by atoms with Gasteiger partial charge in [0.25, 0.3) is 0 Å². The Balaban J connectivity index is 1.75. The van der Waals surface area contributed by atoms with Crippen molar-refractivity contribution in [2.45, 2.75) is 32.7 Å². The van der Waals surface area contributed by atoms with E-state index in [0.717, 1.165) is 50.2 Å². The Labute approximate surface area is 156 Å². The van der Waals surface area contributed by atoms with Crippen LogP contribution in [-0.4, -0.2) is 57.6 Å². The summed E-state index contributed by atoms with van der Waals surface area (Å²) in [5, 5.41) is 6.60. The molecule has 0 aliphatic heterocycles. The van der Waals surface area contributed by atoms with E-state index in [-0.39, 0.29) is 0 Å². The van der Waals surface area contributed by atoms with Crippen LogP contribution in [0.3, 0.4) is 0 Å². The van der Waals surface area contributed by atoms with Gasteiger partial charge in [-0.05, 0) is 38.2 Å². The lowest BCUT2D eigenvalue weighted by Gasteiger charge is -2.12. The zero-order valence-electron chi connectivity index (χ0n) is 16.0. The minimum atomic E-state index is 0.476. The molecule has 7 heteroatoms. The van der Waals surface area contributed by atoms with Crippen LogP contribution in [0.1, 0.15) is 31.7 Å². The summed E-state index contributed by atoms with van der Waals surface area (Å²) in [5.41, 5.74) is 0.952. The number of pyridine rings is 1. The second-order valence-corrected chi connectivity index (χ2v) is 6.30. The fourth-order valence-electron chi connectivity index (χ4n) is 2.32. The first-order valence-electron chi connectivity index (χ1n) is 9.49. The fraction of sp³-hybridized carbons (Fsp3) is 0.684.